The normalized spacial score (nSPS) is 10.5. The minimum atomic E-state index is 0.856. The van der Waals surface area contributed by atoms with Crippen LogP contribution < -0.4 is 10.6 Å². The van der Waals surface area contributed by atoms with E-state index < -0.39 is 0 Å². The number of nitrogens with one attached hydrogen (secondary N) is 2. The van der Waals surface area contributed by atoms with Gasteiger partial charge in [-0.05, 0) is 32.5 Å². The van der Waals surface area contributed by atoms with Crippen molar-refractivity contribution in [3.8, 4) is 0 Å². The van der Waals surface area contributed by atoms with Gasteiger partial charge in [0.1, 0.15) is 6.33 Å². The maximum Gasteiger partial charge on any atom is 0.115 e. The molecule has 0 atom stereocenters. The third-order valence-electron chi connectivity index (χ3n) is 2.08. The fourth-order valence-electron chi connectivity index (χ4n) is 1.29. The van der Waals surface area contributed by atoms with Crippen LogP contribution in [0.25, 0.3) is 0 Å². The zero-order chi connectivity index (χ0) is 10.8. The molecule has 2 N–H and O–H groups in total. The fraction of sp³-hybridized carbons (Fsp3) is 0.636. The molecule has 0 amide bonds. The average Bonchev–Trinajstić information content (AvgIpc) is 2.29. The van der Waals surface area contributed by atoms with Crippen LogP contribution in [-0.2, 0) is 6.54 Å². The monoisotopic (exact) mass is 208 g/mol. The van der Waals surface area contributed by atoms with Crippen LogP contribution in [-0.4, -0.2) is 29.6 Å². The van der Waals surface area contributed by atoms with E-state index in [2.05, 4.69) is 27.5 Å². The van der Waals surface area contributed by atoms with Crippen molar-refractivity contribution in [1.82, 2.24) is 20.6 Å². The number of hydrogen-bond acceptors (Lipinski definition) is 4. The van der Waals surface area contributed by atoms with Crippen LogP contribution in [0.4, 0.5) is 0 Å². The quantitative estimate of drug-likeness (QED) is 0.625. The Morgan fingerprint density at radius 1 is 1.07 bits per heavy atom. The SMILES string of the molecule is CCCNCCCNCc1cncnc1. The molecule has 15 heavy (non-hydrogen) atoms. The number of nitrogens with zero attached hydrogens (tertiary/aromatic N) is 2. The van der Waals surface area contributed by atoms with Gasteiger partial charge in [0, 0.05) is 24.5 Å². The van der Waals surface area contributed by atoms with Gasteiger partial charge in [-0.2, -0.15) is 0 Å². The van der Waals surface area contributed by atoms with Gasteiger partial charge < -0.3 is 10.6 Å². The highest BCUT2D eigenvalue weighted by atomic mass is 14.9. The molecule has 0 aliphatic carbocycles. The van der Waals surface area contributed by atoms with Crippen molar-refractivity contribution in [2.45, 2.75) is 26.3 Å². The first-order valence-corrected chi connectivity index (χ1v) is 5.59. The molecular weight excluding hydrogens is 188 g/mol. The molecule has 0 fully saturated rings. The Kier molecular flexibility index (Phi) is 6.70. The molecule has 0 aliphatic rings. The average molecular weight is 208 g/mol. The number of rotatable bonds is 8. The van der Waals surface area contributed by atoms with Crippen molar-refractivity contribution in [2.24, 2.45) is 0 Å². The third kappa shape index (κ3) is 6.14. The maximum atomic E-state index is 3.96. The highest BCUT2D eigenvalue weighted by Gasteiger charge is 1.91. The number of hydrogen-bond donors (Lipinski definition) is 2. The van der Waals surface area contributed by atoms with Crippen molar-refractivity contribution in [1.29, 1.82) is 0 Å². The Labute approximate surface area is 91.5 Å². The Morgan fingerprint density at radius 2 is 1.80 bits per heavy atom. The van der Waals surface area contributed by atoms with Gasteiger partial charge in [0.15, 0.2) is 0 Å². The largest absolute Gasteiger partial charge is 0.317 e. The summed E-state index contributed by atoms with van der Waals surface area (Å²) in [6.07, 6.45) is 7.60. The van der Waals surface area contributed by atoms with Crippen LogP contribution in [0.1, 0.15) is 25.3 Å². The standard InChI is InChI=1S/C11H20N4/c1-2-4-12-5-3-6-13-7-11-8-14-10-15-9-11/h8-10,12-13H,2-7H2,1H3. The van der Waals surface area contributed by atoms with Gasteiger partial charge in [0.25, 0.3) is 0 Å². The lowest BCUT2D eigenvalue weighted by Gasteiger charge is -2.04. The molecule has 0 saturated heterocycles. The van der Waals surface area contributed by atoms with Crippen molar-refractivity contribution in [3.05, 3.63) is 24.3 Å². The third-order valence-corrected chi connectivity index (χ3v) is 2.08. The van der Waals surface area contributed by atoms with Crippen molar-refractivity contribution < 1.29 is 0 Å². The first kappa shape index (κ1) is 12.1. The molecule has 4 nitrogen and oxygen atoms in total. The van der Waals surface area contributed by atoms with Gasteiger partial charge in [-0.3, -0.25) is 0 Å². The van der Waals surface area contributed by atoms with E-state index in [-0.39, 0.29) is 0 Å². The van der Waals surface area contributed by atoms with E-state index in [4.69, 9.17) is 0 Å². The summed E-state index contributed by atoms with van der Waals surface area (Å²) in [7, 11) is 0. The van der Waals surface area contributed by atoms with Crippen molar-refractivity contribution in [2.75, 3.05) is 19.6 Å². The molecule has 0 radical (unpaired) electrons. The van der Waals surface area contributed by atoms with E-state index >= 15 is 0 Å². The minimum Gasteiger partial charge on any atom is -0.317 e. The first-order chi connectivity index (χ1) is 7.43. The maximum absolute atomic E-state index is 3.96. The van der Waals surface area contributed by atoms with Gasteiger partial charge in [-0.1, -0.05) is 6.92 Å². The summed E-state index contributed by atoms with van der Waals surface area (Å²) >= 11 is 0. The smallest absolute Gasteiger partial charge is 0.115 e. The topological polar surface area (TPSA) is 49.8 Å². The molecule has 0 spiro atoms. The van der Waals surface area contributed by atoms with E-state index in [1.807, 2.05) is 12.4 Å². The molecule has 4 heteroatoms. The Balaban J connectivity index is 1.93. The molecular formula is C11H20N4. The van der Waals surface area contributed by atoms with Gasteiger partial charge in [0.05, 0.1) is 0 Å². The Hall–Kier alpha value is -1.00. The van der Waals surface area contributed by atoms with E-state index in [0.29, 0.717) is 0 Å². The first-order valence-electron chi connectivity index (χ1n) is 5.59. The van der Waals surface area contributed by atoms with Gasteiger partial charge in [-0.25, -0.2) is 9.97 Å². The van der Waals surface area contributed by atoms with E-state index in [1.165, 1.54) is 6.42 Å². The summed E-state index contributed by atoms with van der Waals surface area (Å²) in [5, 5.41) is 6.73. The van der Waals surface area contributed by atoms with Crippen LogP contribution in [0.3, 0.4) is 0 Å². The highest BCUT2D eigenvalue weighted by Crippen LogP contribution is 1.90. The van der Waals surface area contributed by atoms with Crippen LogP contribution in [0.2, 0.25) is 0 Å². The lowest BCUT2D eigenvalue weighted by molar-refractivity contribution is 0.591. The van der Waals surface area contributed by atoms with Crippen molar-refractivity contribution in [3.63, 3.8) is 0 Å². The van der Waals surface area contributed by atoms with Gasteiger partial charge in [-0.15, -0.1) is 0 Å². The van der Waals surface area contributed by atoms with Crippen LogP contribution in [0.15, 0.2) is 18.7 Å². The van der Waals surface area contributed by atoms with Crippen LogP contribution in [0, 0.1) is 0 Å². The summed E-state index contributed by atoms with van der Waals surface area (Å²) in [6, 6.07) is 0. The second-order valence-electron chi connectivity index (χ2n) is 3.53. The lowest BCUT2D eigenvalue weighted by atomic mass is 10.3. The predicted molar refractivity (Wildman–Crippen MR) is 61.5 cm³/mol. The van der Waals surface area contributed by atoms with Gasteiger partial charge >= 0.3 is 0 Å². The Morgan fingerprint density at radius 3 is 2.53 bits per heavy atom. The summed E-state index contributed by atoms with van der Waals surface area (Å²) in [4.78, 5) is 7.92. The van der Waals surface area contributed by atoms with E-state index in [9.17, 15) is 0 Å². The zero-order valence-electron chi connectivity index (χ0n) is 9.37. The molecule has 1 aromatic rings. The molecule has 1 rings (SSSR count). The fourth-order valence-corrected chi connectivity index (χ4v) is 1.29. The summed E-state index contributed by atoms with van der Waals surface area (Å²) < 4.78 is 0. The zero-order valence-corrected chi connectivity index (χ0v) is 9.37. The summed E-state index contributed by atoms with van der Waals surface area (Å²) in [5.41, 5.74) is 1.14. The van der Waals surface area contributed by atoms with Crippen LogP contribution >= 0.6 is 0 Å². The molecule has 0 aromatic carbocycles. The summed E-state index contributed by atoms with van der Waals surface area (Å²) in [6.45, 7) is 6.28. The van der Waals surface area contributed by atoms with Crippen LogP contribution in [0.5, 0.6) is 0 Å². The van der Waals surface area contributed by atoms with Gasteiger partial charge in [0.2, 0.25) is 0 Å². The molecule has 1 heterocycles. The molecule has 0 aliphatic heterocycles. The Bertz CT molecular complexity index is 238. The second-order valence-corrected chi connectivity index (χ2v) is 3.53. The lowest BCUT2D eigenvalue weighted by Crippen LogP contribution is -2.22. The second kappa shape index (κ2) is 8.32. The molecule has 0 unspecified atom stereocenters. The molecule has 1 aromatic heterocycles. The summed E-state index contributed by atoms with van der Waals surface area (Å²) in [5.74, 6) is 0. The molecule has 84 valence electrons. The minimum absolute atomic E-state index is 0.856. The van der Waals surface area contributed by atoms with E-state index in [0.717, 1.165) is 38.2 Å². The highest BCUT2D eigenvalue weighted by molar-refractivity contribution is 5.01. The number of aromatic nitrogens is 2. The molecule has 0 saturated carbocycles. The predicted octanol–water partition coefficient (Wildman–Crippen LogP) is 0.956. The molecule has 0 bridgehead atoms. The van der Waals surface area contributed by atoms with Crippen molar-refractivity contribution >= 4 is 0 Å². The van der Waals surface area contributed by atoms with E-state index in [1.54, 1.807) is 6.33 Å².